The molecule has 0 saturated heterocycles. The first-order valence-electron chi connectivity index (χ1n) is 5.81. The summed E-state index contributed by atoms with van der Waals surface area (Å²) in [5.74, 6) is 0.997. The Kier molecular flexibility index (Phi) is 4.94. The predicted molar refractivity (Wildman–Crippen MR) is 72.4 cm³/mol. The van der Waals surface area contributed by atoms with E-state index in [4.69, 9.17) is 0 Å². The number of aryl methyl sites for hydroxylation is 1. The molecule has 1 rings (SSSR count). The summed E-state index contributed by atoms with van der Waals surface area (Å²) in [7, 11) is 8.04. The third kappa shape index (κ3) is 4.06. The molecule has 0 aliphatic heterocycles. The number of hydrogen-bond acceptors (Lipinski definition) is 2. The molecule has 0 unspecified atom stereocenters. The van der Waals surface area contributed by atoms with E-state index in [2.05, 4.69) is 23.0 Å². The van der Waals surface area contributed by atoms with Crippen LogP contribution in [0.2, 0.25) is 0 Å². The minimum Gasteiger partial charge on any atom is -0.349 e. The van der Waals surface area contributed by atoms with Crippen molar-refractivity contribution in [3.05, 3.63) is 29.6 Å². The van der Waals surface area contributed by atoms with E-state index < -0.39 is 0 Å². The zero-order valence-electron chi connectivity index (χ0n) is 11.4. The van der Waals surface area contributed by atoms with Crippen LogP contribution in [0.3, 0.4) is 0 Å². The molecule has 0 fully saturated rings. The number of aliphatic imine (C=N–C) groups is 1. The Hall–Kier alpha value is -1.58. The van der Waals surface area contributed by atoms with Gasteiger partial charge in [0.05, 0.1) is 0 Å². The minimum absolute atomic E-state index is 0.802. The van der Waals surface area contributed by atoms with Crippen LogP contribution in [0.15, 0.2) is 23.5 Å². The van der Waals surface area contributed by atoms with Crippen molar-refractivity contribution in [1.29, 1.82) is 0 Å². The minimum atomic E-state index is 0.802. The number of nitrogens with zero attached hydrogens (tertiary/aromatic N) is 4. The maximum Gasteiger partial charge on any atom is 0.195 e. The van der Waals surface area contributed by atoms with Crippen LogP contribution >= 0.6 is 0 Å². The summed E-state index contributed by atoms with van der Waals surface area (Å²) in [6.07, 6.45) is 4.70. The number of guanidine groups is 1. The average Bonchev–Trinajstić information content (AvgIpc) is 2.25. The van der Waals surface area contributed by atoms with Crippen LogP contribution in [0, 0.1) is 6.92 Å². The third-order valence-electron chi connectivity index (χ3n) is 2.57. The highest BCUT2D eigenvalue weighted by Gasteiger charge is 2.03. The van der Waals surface area contributed by atoms with E-state index in [1.165, 1.54) is 11.1 Å². The fourth-order valence-electron chi connectivity index (χ4n) is 1.74. The van der Waals surface area contributed by atoms with E-state index in [1.807, 2.05) is 50.4 Å². The lowest BCUT2D eigenvalue weighted by atomic mass is 10.1. The first-order chi connectivity index (χ1) is 8.02. The van der Waals surface area contributed by atoms with Crippen LogP contribution in [0.25, 0.3) is 0 Å². The second kappa shape index (κ2) is 6.23. The predicted octanol–water partition coefficient (Wildman–Crippen LogP) is 1.41. The van der Waals surface area contributed by atoms with Gasteiger partial charge in [-0.25, -0.2) is 0 Å². The molecule has 4 nitrogen and oxygen atoms in total. The Labute approximate surface area is 104 Å². The Morgan fingerprint density at radius 1 is 1.24 bits per heavy atom. The van der Waals surface area contributed by atoms with Crippen LogP contribution in [0.1, 0.15) is 11.1 Å². The zero-order chi connectivity index (χ0) is 12.8. The summed E-state index contributed by atoms with van der Waals surface area (Å²) in [6, 6.07) is 2.07. The standard InChI is InChI=1S/C13H22N4/c1-11-10-14-8-6-12(11)7-9-15-13(16(2)3)17(4)5/h6,8,10H,7,9H2,1-5H3. The van der Waals surface area contributed by atoms with Gasteiger partial charge in [0.15, 0.2) is 5.96 Å². The molecule has 1 aromatic heterocycles. The summed E-state index contributed by atoms with van der Waals surface area (Å²) in [4.78, 5) is 12.8. The Morgan fingerprint density at radius 2 is 1.88 bits per heavy atom. The van der Waals surface area contributed by atoms with Crippen molar-refractivity contribution >= 4 is 5.96 Å². The molecule has 0 atom stereocenters. The van der Waals surface area contributed by atoms with Crippen molar-refractivity contribution in [3.8, 4) is 0 Å². The second-order valence-corrected chi connectivity index (χ2v) is 4.52. The van der Waals surface area contributed by atoms with Crippen LogP contribution in [0.4, 0.5) is 0 Å². The first-order valence-corrected chi connectivity index (χ1v) is 5.81. The van der Waals surface area contributed by atoms with E-state index in [1.54, 1.807) is 0 Å². The molecule has 94 valence electrons. The highest BCUT2D eigenvalue weighted by molar-refractivity contribution is 5.79. The number of pyridine rings is 1. The smallest absolute Gasteiger partial charge is 0.195 e. The van der Waals surface area contributed by atoms with Gasteiger partial charge in [0, 0.05) is 47.1 Å². The fourth-order valence-corrected chi connectivity index (χ4v) is 1.74. The molecule has 0 aromatic carbocycles. The van der Waals surface area contributed by atoms with Crippen LogP contribution in [-0.4, -0.2) is 55.5 Å². The number of rotatable bonds is 3. The molecule has 17 heavy (non-hydrogen) atoms. The van der Waals surface area contributed by atoms with Gasteiger partial charge in [-0.2, -0.15) is 0 Å². The summed E-state index contributed by atoms with van der Waals surface area (Å²) >= 11 is 0. The summed E-state index contributed by atoms with van der Waals surface area (Å²) < 4.78 is 0. The third-order valence-corrected chi connectivity index (χ3v) is 2.57. The van der Waals surface area contributed by atoms with Crippen molar-refractivity contribution in [3.63, 3.8) is 0 Å². The van der Waals surface area contributed by atoms with Gasteiger partial charge in [-0.05, 0) is 30.5 Å². The second-order valence-electron chi connectivity index (χ2n) is 4.52. The molecule has 0 aliphatic rings. The normalized spacial score (nSPS) is 9.94. The van der Waals surface area contributed by atoms with E-state index in [9.17, 15) is 0 Å². The average molecular weight is 234 g/mol. The summed E-state index contributed by atoms with van der Waals surface area (Å²) in [6.45, 7) is 2.89. The largest absolute Gasteiger partial charge is 0.349 e. The molecule has 0 N–H and O–H groups in total. The highest BCUT2D eigenvalue weighted by Crippen LogP contribution is 2.06. The Morgan fingerprint density at radius 3 is 2.41 bits per heavy atom. The monoisotopic (exact) mass is 234 g/mol. The van der Waals surface area contributed by atoms with Crippen molar-refractivity contribution in [2.24, 2.45) is 4.99 Å². The lowest BCUT2D eigenvalue weighted by Crippen LogP contribution is -2.35. The summed E-state index contributed by atoms with van der Waals surface area (Å²) in [5.41, 5.74) is 2.56. The van der Waals surface area contributed by atoms with E-state index >= 15 is 0 Å². The topological polar surface area (TPSA) is 31.7 Å². The van der Waals surface area contributed by atoms with E-state index in [0.717, 1.165) is 18.9 Å². The maximum absolute atomic E-state index is 4.61. The quantitative estimate of drug-likeness (QED) is 0.585. The lowest BCUT2D eigenvalue weighted by Gasteiger charge is -2.22. The first kappa shape index (κ1) is 13.5. The van der Waals surface area contributed by atoms with Crippen molar-refractivity contribution < 1.29 is 0 Å². The van der Waals surface area contributed by atoms with Crippen LogP contribution in [0.5, 0.6) is 0 Å². The van der Waals surface area contributed by atoms with Gasteiger partial charge in [0.25, 0.3) is 0 Å². The molecule has 1 heterocycles. The fraction of sp³-hybridized carbons (Fsp3) is 0.538. The molecule has 0 spiro atoms. The Bertz CT molecular complexity index is 373. The van der Waals surface area contributed by atoms with Gasteiger partial charge in [-0.15, -0.1) is 0 Å². The highest BCUT2D eigenvalue weighted by atomic mass is 15.3. The molecule has 4 heteroatoms. The molecular weight excluding hydrogens is 212 g/mol. The van der Waals surface area contributed by atoms with Crippen molar-refractivity contribution in [2.45, 2.75) is 13.3 Å². The lowest BCUT2D eigenvalue weighted by molar-refractivity contribution is 0.479. The molecule has 0 saturated carbocycles. The molecule has 1 aromatic rings. The van der Waals surface area contributed by atoms with Gasteiger partial charge in [-0.1, -0.05) is 0 Å². The van der Waals surface area contributed by atoms with E-state index in [-0.39, 0.29) is 0 Å². The molecule has 0 aliphatic carbocycles. The summed E-state index contributed by atoms with van der Waals surface area (Å²) in [5, 5.41) is 0. The number of hydrogen-bond donors (Lipinski definition) is 0. The maximum atomic E-state index is 4.61. The van der Waals surface area contributed by atoms with Gasteiger partial charge >= 0.3 is 0 Å². The van der Waals surface area contributed by atoms with Crippen LogP contribution < -0.4 is 0 Å². The molecule has 0 radical (unpaired) electrons. The van der Waals surface area contributed by atoms with Gasteiger partial charge < -0.3 is 9.80 Å². The Balaban J connectivity index is 2.62. The molecule has 0 bridgehead atoms. The van der Waals surface area contributed by atoms with Gasteiger partial charge in [0.2, 0.25) is 0 Å². The van der Waals surface area contributed by atoms with Crippen LogP contribution in [-0.2, 0) is 6.42 Å². The number of aromatic nitrogens is 1. The van der Waals surface area contributed by atoms with Crippen molar-refractivity contribution in [2.75, 3.05) is 34.7 Å². The van der Waals surface area contributed by atoms with E-state index in [0.29, 0.717) is 0 Å². The van der Waals surface area contributed by atoms with Gasteiger partial charge in [-0.3, -0.25) is 9.98 Å². The van der Waals surface area contributed by atoms with Gasteiger partial charge in [0.1, 0.15) is 0 Å². The zero-order valence-corrected chi connectivity index (χ0v) is 11.4. The van der Waals surface area contributed by atoms with Crippen molar-refractivity contribution in [1.82, 2.24) is 14.8 Å². The SMILES string of the molecule is Cc1cnccc1CCN=C(N(C)C)N(C)C. The molecular formula is C13H22N4. The molecule has 0 amide bonds.